The third-order valence-corrected chi connectivity index (χ3v) is 3.60. The van der Waals surface area contributed by atoms with Crippen molar-refractivity contribution in [2.75, 3.05) is 11.9 Å². The van der Waals surface area contributed by atoms with Gasteiger partial charge in [0.25, 0.3) is 5.91 Å². The largest absolute Gasteiger partial charge is 0.452 e. The number of furan rings is 1. The van der Waals surface area contributed by atoms with Crippen LogP contribution >= 0.6 is 31.9 Å². The standard InChI is InChI=1S/C13H11Br2FN2O2/c1-18(6-8-2-3-11(15)20-8)10-5-7(14)4-9(16)12(10)13(17)19/h2-5H,6H2,1H3,(H2,17,19). The molecule has 4 nitrogen and oxygen atoms in total. The summed E-state index contributed by atoms with van der Waals surface area (Å²) in [5.74, 6) is -0.790. The van der Waals surface area contributed by atoms with Crippen molar-refractivity contribution in [1.82, 2.24) is 0 Å². The smallest absolute Gasteiger partial charge is 0.253 e. The summed E-state index contributed by atoms with van der Waals surface area (Å²) in [5.41, 5.74) is 5.51. The lowest BCUT2D eigenvalue weighted by atomic mass is 10.1. The normalized spacial score (nSPS) is 10.6. The molecule has 1 heterocycles. The van der Waals surface area contributed by atoms with E-state index in [2.05, 4.69) is 31.9 Å². The summed E-state index contributed by atoms with van der Waals surface area (Å²) in [4.78, 5) is 13.1. The van der Waals surface area contributed by atoms with Gasteiger partial charge in [-0.25, -0.2) is 4.39 Å². The van der Waals surface area contributed by atoms with Gasteiger partial charge in [0.05, 0.1) is 17.8 Å². The van der Waals surface area contributed by atoms with E-state index in [1.807, 2.05) is 0 Å². The monoisotopic (exact) mass is 404 g/mol. The summed E-state index contributed by atoms with van der Waals surface area (Å²) in [7, 11) is 1.73. The number of primary amides is 1. The molecular weight excluding hydrogens is 395 g/mol. The Morgan fingerprint density at radius 1 is 1.40 bits per heavy atom. The molecule has 1 aromatic heterocycles. The van der Waals surface area contributed by atoms with E-state index in [4.69, 9.17) is 10.2 Å². The Bertz CT molecular complexity index is 658. The van der Waals surface area contributed by atoms with E-state index in [-0.39, 0.29) is 5.56 Å². The van der Waals surface area contributed by atoms with Gasteiger partial charge in [0.1, 0.15) is 11.6 Å². The van der Waals surface area contributed by atoms with Crippen molar-refractivity contribution in [2.45, 2.75) is 6.54 Å². The van der Waals surface area contributed by atoms with Crippen molar-refractivity contribution >= 4 is 43.5 Å². The number of hydrogen-bond donors (Lipinski definition) is 1. The first kappa shape index (κ1) is 15.1. The fourth-order valence-corrected chi connectivity index (χ4v) is 2.62. The summed E-state index contributed by atoms with van der Waals surface area (Å²) in [6.07, 6.45) is 0. The second-order valence-electron chi connectivity index (χ2n) is 4.21. The van der Waals surface area contributed by atoms with Crippen molar-refractivity contribution in [2.24, 2.45) is 5.73 Å². The third-order valence-electron chi connectivity index (χ3n) is 2.71. The Labute approximate surface area is 132 Å². The van der Waals surface area contributed by atoms with Gasteiger partial charge in [-0.15, -0.1) is 0 Å². The zero-order valence-corrected chi connectivity index (χ0v) is 13.7. The molecule has 1 aromatic carbocycles. The molecular formula is C13H11Br2FN2O2. The van der Waals surface area contributed by atoms with E-state index in [0.29, 0.717) is 27.1 Å². The molecule has 0 atom stereocenters. The van der Waals surface area contributed by atoms with Crippen LogP contribution in [0.15, 0.2) is 37.8 Å². The molecule has 0 fully saturated rings. The highest BCUT2D eigenvalue weighted by atomic mass is 79.9. The van der Waals surface area contributed by atoms with E-state index in [9.17, 15) is 9.18 Å². The summed E-state index contributed by atoms with van der Waals surface area (Å²) < 4.78 is 20.4. The van der Waals surface area contributed by atoms with Crippen LogP contribution in [-0.4, -0.2) is 13.0 Å². The van der Waals surface area contributed by atoms with Crippen molar-refractivity contribution in [3.05, 3.63) is 50.5 Å². The van der Waals surface area contributed by atoms with Gasteiger partial charge < -0.3 is 15.1 Å². The van der Waals surface area contributed by atoms with Crippen LogP contribution in [0.1, 0.15) is 16.1 Å². The number of anilines is 1. The summed E-state index contributed by atoms with van der Waals surface area (Å²) in [6, 6.07) is 6.40. The number of rotatable bonds is 4. The molecule has 0 saturated heterocycles. The van der Waals surface area contributed by atoms with Crippen LogP contribution in [0.2, 0.25) is 0 Å². The van der Waals surface area contributed by atoms with E-state index in [0.717, 1.165) is 0 Å². The van der Waals surface area contributed by atoms with Crippen molar-refractivity contribution in [3.8, 4) is 0 Å². The van der Waals surface area contributed by atoms with Crippen LogP contribution < -0.4 is 10.6 Å². The first-order valence-electron chi connectivity index (χ1n) is 5.62. The van der Waals surface area contributed by atoms with E-state index < -0.39 is 11.7 Å². The topological polar surface area (TPSA) is 59.5 Å². The molecule has 0 unspecified atom stereocenters. The van der Waals surface area contributed by atoms with Gasteiger partial charge in [-0.05, 0) is 40.2 Å². The highest BCUT2D eigenvalue weighted by Gasteiger charge is 2.19. The average Bonchev–Trinajstić information content (AvgIpc) is 2.72. The number of carbonyl (C=O) groups is 1. The maximum Gasteiger partial charge on any atom is 0.253 e. The Morgan fingerprint density at radius 3 is 2.65 bits per heavy atom. The van der Waals surface area contributed by atoms with Crippen molar-refractivity contribution in [1.29, 1.82) is 0 Å². The van der Waals surface area contributed by atoms with Gasteiger partial charge in [0, 0.05) is 11.5 Å². The Balaban J connectivity index is 2.38. The van der Waals surface area contributed by atoms with E-state index >= 15 is 0 Å². The minimum atomic E-state index is -0.808. The van der Waals surface area contributed by atoms with Gasteiger partial charge in [-0.2, -0.15) is 0 Å². The van der Waals surface area contributed by atoms with Crippen LogP contribution in [0.4, 0.5) is 10.1 Å². The molecule has 1 amide bonds. The molecule has 2 aromatic rings. The highest BCUT2D eigenvalue weighted by molar-refractivity contribution is 9.10. The quantitative estimate of drug-likeness (QED) is 0.843. The van der Waals surface area contributed by atoms with Gasteiger partial charge in [-0.3, -0.25) is 4.79 Å². The summed E-state index contributed by atoms with van der Waals surface area (Å²) >= 11 is 6.42. The van der Waals surface area contributed by atoms with Crippen molar-refractivity contribution < 1.29 is 13.6 Å². The predicted octanol–water partition coefficient (Wildman–Crippen LogP) is 3.68. The lowest BCUT2D eigenvalue weighted by molar-refractivity contribution is 0.0997. The number of carbonyl (C=O) groups excluding carboxylic acids is 1. The van der Waals surface area contributed by atoms with Crippen LogP contribution in [0, 0.1) is 5.82 Å². The minimum absolute atomic E-state index is 0.138. The maximum absolute atomic E-state index is 13.9. The molecule has 0 saturated carbocycles. The fraction of sp³-hybridized carbons (Fsp3) is 0.154. The van der Waals surface area contributed by atoms with E-state index in [1.54, 1.807) is 30.1 Å². The summed E-state index contributed by atoms with van der Waals surface area (Å²) in [6.45, 7) is 0.377. The number of hydrogen-bond acceptors (Lipinski definition) is 3. The molecule has 0 radical (unpaired) electrons. The number of benzene rings is 1. The number of amides is 1. The SMILES string of the molecule is CN(Cc1ccc(Br)o1)c1cc(Br)cc(F)c1C(N)=O. The van der Waals surface area contributed by atoms with Gasteiger partial charge in [-0.1, -0.05) is 15.9 Å². The summed E-state index contributed by atoms with van der Waals surface area (Å²) in [5, 5.41) is 0. The second kappa shape index (κ2) is 5.97. The fourth-order valence-electron chi connectivity index (χ4n) is 1.86. The number of nitrogens with zero attached hydrogens (tertiary/aromatic N) is 1. The highest BCUT2D eigenvalue weighted by Crippen LogP contribution is 2.28. The molecule has 2 rings (SSSR count). The lowest BCUT2D eigenvalue weighted by Gasteiger charge is -2.21. The average molecular weight is 406 g/mol. The number of nitrogens with two attached hydrogens (primary N) is 1. The van der Waals surface area contributed by atoms with Gasteiger partial charge >= 0.3 is 0 Å². The Kier molecular flexibility index (Phi) is 4.49. The van der Waals surface area contributed by atoms with E-state index in [1.165, 1.54) is 6.07 Å². The Hall–Kier alpha value is -1.34. The Morgan fingerprint density at radius 2 is 2.10 bits per heavy atom. The van der Waals surface area contributed by atoms with Crippen molar-refractivity contribution in [3.63, 3.8) is 0 Å². The van der Waals surface area contributed by atoms with Crippen LogP contribution in [0.3, 0.4) is 0 Å². The third kappa shape index (κ3) is 3.21. The lowest BCUT2D eigenvalue weighted by Crippen LogP contribution is -2.23. The maximum atomic E-state index is 13.9. The van der Waals surface area contributed by atoms with Gasteiger partial charge in [0.2, 0.25) is 0 Å². The molecule has 0 aliphatic rings. The van der Waals surface area contributed by atoms with Crippen LogP contribution in [0.25, 0.3) is 0 Å². The molecule has 20 heavy (non-hydrogen) atoms. The zero-order chi connectivity index (χ0) is 14.9. The first-order chi connectivity index (χ1) is 9.38. The minimum Gasteiger partial charge on any atom is -0.452 e. The molecule has 0 aliphatic carbocycles. The van der Waals surface area contributed by atoms with Gasteiger partial charge in [0.15, 0.2) is 4.67 Å². The molecule has 2 N–H and O–H groups in total. The van der Waals surface area contributed by atoms with Crippen LogP contribution in [-0.2, 0) is 6.54 Å². The zero-order valence-electron chi connectivity index (χ0n) is 10.5. The molecule has 0 bridgehead atoms. The molecule has 7 heteroatoms. The number of halogens is 3. The molecule has 106 valence electrons. The molecule has 0 spiro atoms. The second-order valence-corrected chi connectivity index (χ2v) is 5.91. The molecule has 0 aliphatic heterocycles. The van der Waals surface area contributed by atoms with Crippen LogP contribution in [0.5, 0.6) is 0 Å². The first-order valence-corrected chi connectivity index (χ1v) is 7.21. The predicted molar refractivity (Wildman–Crippen MR) is 81.1 cm³/mol.